The number of hydrogen-bond donors (Lipinski definition) is 0. The zero-order valence-electron chi connectivity index (χ0n) is 10.4. The maximum absolute atomic E-state index is 12.3. The Balaban J connectivity index is 4.85. The van der Waals surface area contributed by atoms with Crippen molar-refractivity contribution in [3.05, 3.63) is 0 Å². The SMILES string of the molecule is CCC(C)C(C)(C)C(=O)N(I)C(C)(C)I. The maximum Gasteiger partial charge on any atom is 0.238 e. The molecular weight excluding hydrogens is 416 g/mol. The largest absolute Gasteiger partial charge is 0.273 e. The van der Waals surface area contributed by atoms with Gasteiger partial charge in [0.1, 0.15) is 0 Å². The molecule has 1 amide bonds. The Bertz CT molecular complexity index is 233. The Morgan fingerprint density at radius 2 is 1.73 bits per heavy atom. The van der Waals surface area contributed by atoms with Crippen molar-refractivity contribution in [3.63, 3.8) is 0 Å². The molecule has 1 atom stereocenters. The van der Waals surface area contributed by atoms with E-state index in [4.69, 9.17) is 0 Å². The Labute approximate surface area is 121 Å². The van der Waals surface area contributed by atoms with Crippen molar-refractivity contribution in [2.75, 3.05) is 0 Å². The number of halogens is 2. The van der Waals surface area contributed by atoms with E-state index in [1.165, 1.54) is 0 Å². The average molecular weight is 437 g/mol. The highest BCUT2D eigenvalue weighted by atomic mass is 127. The van der Waals surface area contributed by atoms with Crippen LogP contribution >= 0.6 is 45.5 Å². The Kier molecular flexibility index (Phi) is 5.85. The van der Waals surface area contributed by atoms with E-state index in [0.29, 0.717) is 5.92 Å². The monoisotopic (exact) mass is 437 g/mol. The number of rotatable bonds is 4. The highest BCUT2D eigenvalue weighted by Gasteiger charge is 2.39. The lowest BCUT2D eigenvalue weighted by Gasteiger charge is -2.37. The third kappa shape index (κ3) is 4.02. The molecule has 1 unspecified atom stereocenters. The third-order valence-electron chi connectivity index (χ3n) is 3.04. The number of amides is 1. The molecule has 0 aliphatic carbocycles. The second kappa shape index (κ2) is 5.51. The van der Waals surface area contributed by atoms with Crippen LogP contribution in [-0.4, -0.2) is 12.6 Å². The molecule has 0 aromatic rings. The summed E-state index contributed by atoms with van der Waals surface area (Å²) in [4.78, 5) is 12.3. The summed E-state index contributed by atoms with van der Waals surface area (Å²) in [5.74, 6) is 0.623. The molecule has 0 saturated heterocycles. The fourth-order valence-corrected chi connectivity index (χ4v) is 2.06. The molecule has 0 aliphatic rings. The molecule has 0 saturated carbocycles. The predicted octanol–water partition coefficient (Wildman–Crippen LogP) is 4.41. The predicted molar refractivity (Wildman–Crippen MR) is 82.2 cm³/mol. The summed E-state index contributed by atoms with van der Waals surface area (Å²) in [6.07, 6.45) is 1.03. The van der Waals surface area contributed by atoms with Gasteiger partial charge in [0.15, 0.2) is 0 Å². The second-order valence-corrected chi connectivity index (χ2v) is 8.63. The quantitative estimate of drug-likeness (QED) is 0.276. The van der Waals surface area contributed by atoms with Crippen LogP contribution in [0.1, 0.15) is 48.0 Å². The van der Waals surface area contributed by atoms with Gasteiger partial charge in [0.2, 0.25) is 5.91 Å². The first kappa shape index (κ1) is 15.9. The van der Waals surface area contributed by atoms with E-state index in [2.05, 4.69) is 59.3 Å². The normalized spacial score (nSPS) is 14.9. The summed E-state index contributed by atoms with van der Waals surface area (Å²) in [5, 5.41) is 0. The van der Waals surface area contributed by atoms with Gasteiger partial charge in [-0.25, -0.2) is 0 Å². The molecule has 2 nitrogen and oxygen atoms in total. The molecule has 0 aliphatic heterocycles. The van der Waals surface area contributed by atoms with E-state index >= 15 is 0 Å². The first-order chi connectivity index (χ1) is 6.55. The van der Waals surface area contributed by atoms with Crippen LogP contribution in [0.25, 0.3) is 0 Å². The molecule has 0 spiro atoms. The van der Waals surface area contributed by atoms with Gasteiger partial charge in [-0.2, -0.15) is 0 Å². The minimum atomic E-state index is -0.279. The van der Waals surface area contributed by atoms with E-state index in [0.717, 1.165) is 6.42 Å². The van der Waals surface area contributed by atoms with Crippen LogP contribution < -0.4 is 0 Å². The standard InChI is InChI=1S/C11H21I2NO/c1-7-8(2)10(3,4)9(15)14(13)11(5,6)12/h8H,7H2,1-6H3. The molecule has 0 rings (SSSR count). The molecule has 0 aromatic carbocycles. The highest BCUT2D eigenvalue weighted by Crippen LogP contribution is 2.37. The molecule has 0 N–H and O–H groups in total. The van der Waals surface area contributed by atoms with Crippen molar-refractivity contribution < 1.29 is 4.79 Å². The van der Waals surface area contributed by atoms with Crippen molar-refractivity contribution >= 4 is 51.4 Å². The van der Waals surface area contributed by atoms with Crippen LogP contribution in [0.2, 0.25) is 0 Å². The second-order valence-electron chi connectivity index (χ2n) is 5.03. The van der Waals surface area contributed by atoms with Crippen molar-refractivity contribution in [1.82, 2.24) is 3.11 Å². The zero-order valence-corrected chi connectivity index (χ0v) is 14.7. The van der Waals surface area contributed by atoms with Gasteiger partial charge in [-0.1, -0.05) is 56.7 Å². The summed E-state index contributed by atoms with van der Waals surface area (Å²) in [6.45, 7) is 12.4. The van der Waals surface area contributed by atoms with Crippen LogP contribution in [0.3, 0.4) is 0 Å². The Hall–Kier alpha value is 0.930. The minimum Gasteiger partial charge on any atom is -0.273 e. The minimum absolute atomic E-state index is 0.139. The molecule has 4 heteroatoms. The van der Waals surface area contributed by atoms with Crippen LogP contribution in [0.15, 0.2) is 0 Å². The van der Waals surface area contributed by atoms with Gasteiger partial charge in [-0.3, -0.25) is 7.91 Å². The molecule has 0 heterocycles. The fourth-order valence-electron chi connectivity index (χ4n) is 1.22. The van der Waals surface area contributed by atoms with E-state index in [-0.39, 0.29) is 14.9 Å². The highest BCUT2D eigenvalue weighted by molar-refractivity contribution is 14.1. The molecule has 0 bridgehead atoms. The van der Waals surface area contributed by atoms with Gasteiger partial charge < -0.3 is 0 Å². The number of hydrogen-bond acceptors (Lipinski definition) is 1. The number of alkyl halides is 1. The molecule has 90 valence electrons. The van der Waals surface area contributed by atoms with Crippen LogP contribution in [0, 0.1) is 11.3 Å². The lowest BCUT2D eigenvalue weighted by Crippen LogP contribution is -2.45. The summed E-state index contributed by atoms with van der Waals surface area (Å²) in [5.41, 5.74) is -0.279. The lowest BCUT2D eigenvalue weighted by molar-refractivity contribution is -0.137. The van der Waals surface area contributed by atoms with E-state index in [1.54, 1.807) is 0 Å². The van der Waals surface area contributed by atoms with E-state index < -0.39 is 0 Å². The van der Waals surface area contributed by atoms with Crippen molar-refractivity contribution in [2.45, 2.75) is 51.5 Å². The van der Waals surface area contributed by atoms with Gasteiger partial charge >= 0.3 is 0 Å². The van der Waals surface area contributed by atoms with Gasteiger partial charge in [-0.05, 0) is 19.8 Å². The zero-order chi connectivity index (χ0) is 12.4. The molecule has 0 fully saturated rings. The first-order valence-electron chi connectivity index (χ1n) is 5.24. The molecular formula is C11H21I2NO. The number of nitrogens with zero attached hydrogens (tertiary/aromatic N) is 1. The van der Waals surface area contributed by atoms with E-state index in [1.807, 2.05) is 30.8 Å². The Morgan fingerprint density at radius 3 is 2.00 bits per heavy atom. The van der Waals surface area contributed by atoms with Crippen LogP contribution in [0.5, 0.6) is 0 Å². The average Bonchev–Trinajstić information content (AvgIpc) is 2.12. The maximum atomic E-state index is 12.3. The van der Waals surface area contributed by atoms with Gasteiger partial charge in [0, 0.05) is 5.41 Å². The molecule has 0 aromatic heterocycles. The van der Waals surface area contributed by atoms with Gasteiger partial charge in [0.05, 0.1) is 26.4 Å². The van der Waals surface area contributed by atoms with Gasteiger partial charge in [0.25, 0.3) is 0 Å². The summed E-state index contributed by atoms with van der Waals surface area (Å²) >= 11 is 4.42. The van der Waals surface area contributed by atoms with E-state index in [9.17, 15) is 4.79 Å². The fraction of sp³-hybridized carbons (Fsp3) is 0.909. The van der Waals surface area contributed by atoms with Crippen molar-refractivity contribution in [3.8, 4) is 0 Å². The van der Waals surface area contributed by atoms with Crippen LogP contribution in [-0.2, 0) is 4.79 Å². The Morgan fingerprint density at radius 1 is 1.33 bits per heavy atom. The summed E-state index contributed by atoms with van der Waals surface area (Å²) in [6, 6.07) is 0. The molecule has 15 heavy (non-hydrogen) atoms. The lowest BCUT2D eigenvalue weighted by atomic mass is 9.77. The van der Waals surface area contributed by atoms with Crippen molar-refractivity contribution in [2.24, 2.45) is 11.3 Å². The summed E-state index contributed by atoms with van der Waals surface area (Å²) < 4.78 is 1.68. The number of carbonyl (C=O) groups excluding carboxylic acids is 1. The topological polar surface area (TPSA) is 20.3 Å². The summed E-state index contributed by atoms with van der Waals surface area (Å²) in [7, 11) is 0. The third-order valence-corrected chi connectivity index (χ3v) is 6.09. The first-order valence-corrected chi connectivity index (χ1v) is 7.28. The molecule has 0 radical (unpaired) electrons. The van der Waals surface area contributed by atoms with Crippen molar-refractivity contribution in [1.29, 1.82) is 0 Å². The van der Waals surface area contributed by atoms with Crippen LogP contribution in [0.4, 0.5) is 0 Å². The number of carbonyl (C=O) groups is 1. The smallest absolute Gasteiger partial charge is 0.238 e. The van der Waals surface area contributed by atoms with Gasteiger partial charge in [-0.15, -0.1) is 0 Å².